The molecule has 0 spiro atoms. The van der Waals surface area contributed by atoms with Crippen molar-refractivity contribution in [3.63, 3.8) is 0 Å². The summed E-state index contributed by atoms with van der Waals surface area (Å²) in [5.41, 5.74) is 0.219. The number of hydrogen-bond acceptors (Lipinski definition) is 5. The summed E-state index contributed by atoms with van der Waals surface area (Å²) in [5, 5.41) is 7.57. The number of amides is 1. The Labute approximate surface area is 116 Å². The first-order valence-corrected chi connectivity index (χ1v) is 7.20. The first-order valence-electron chi connectivity index (χ1n) is 5.44. The molecule has 0 aromatic carbocycles. The van der Waals surface area contributed by atoms with E-state index in [4.69, 9.17) is 4.52 Å². The van der Waals surface area contributed by atoms with Crippen molar-refractivity contribution in [2.75, 3.05) is 0 Å². The van der Waals surface area contributed by atoms with Crippen molar-refractivity contribution in [1.82, 2.24) is 9.72 Å². The second-order valence-corrected chi connectivity index (χ2v) is 5.59. The lowest BCUT2D eigenvalue weighted by molar-refractivity contribution is 0.0989. The van der Waals surface area contributed by atoms with Gasteiger partial charge in [0, 0.05) is 24.7 Å². The van der Waals surface area contributed by atoms with E-state index in [9.17, 15) is 4.79 Å². The molecule has 0 unspecified atom stereocenters. The highest BCUT2D eigenvalue weighted by Gasteiger charge is 2.13. The molecule has 7 heteroatoms. The van der Waals surface area contributed by atoms with Gasteiger partial charge in [-0.3, -0.25) is 4.79 Å². The SMILES string of the molecule is Cn1ccsc1=NC(=O)c1cc(-c2cccs2)on1. The summed E-state index contributed by atoms with van der Waals surface area (Å²) in [7, 11) is 1.84. The molecule has 0 aliphatic heterocycles. The predicted octanol–water partition coefficient (Wildman–Crippen LogP) is 2.54. The topological polar surface area (TPSA) is 60.4 Å². The second-order valence-electron chi connectivity index (χ2n) is 3.77. The Morgan fingerprint density at radius 3 is 3.00 bits per heavy atom. The molecular formula is C12H9N3O2S2. The summed E-state index contributed by atoms with van der Waals surface area (Å²) < 4.78 is 6.94. The highest BCUT2D eigenvalue weighted by atomic mass is 32.1. The van der Waals surface area contributed by atoms with E-state index in [-0.39, 0.29) is 5.69 Å². The smallest absolute Gasteiger partial charge is 0.301 e. The number of thiophene rings is 1. The maximum atomic E-state index is 12.0. The van der Waals surface area contributed by atoms with E-state index in [1.54, 1.807) is 10.6 Å². The summed E-state index contributed by atoms with van der Waals surface area (Å²) >= 11 is 2.93. The van der Waals surface area contributed by atoms with Crippen LogP contribution in [-0.2, 0) is 7.05 Å². The first-order chi connectivity index (χ1) is 9.24. The van der Waals surface area contributed by atoms with Gasteiger partial charge in [-0.2, -0.15) is 4.99 Å². The fourth-order valence-corrected chi connectivity index (χ4v) is 2.89. The first kappa shape index (κ1) is 12.1. The van der Waals surface area contributed by atoms with Crippen molar-refractivity contribution >= 4 is 28.6 Å². The molecule has 96 valence electrons. The number of carbonyl (C=O) groups excluding carboxylic acids is 1. The molecule has 0 radical (unpaired) electrons. The Morgan fingerprint density at radius 2 is 2.32 bits per heavy atom. The van der Waals surface area contributed by atoms with Gasteiger partial charge in [0.05, 0.1) is 4.88 Å². The summed E-state index contributed by atoms with van der Waals surface area (Å²) in [6, 6.07) is 5.45. The van der Waals surface area contributed by atoms with Gasteiger partial charge in [0.2, 0.25) is 0 Å². The van der Waals surface area contributed by atoms with E-state index in [0.717, 1.165) is 4.88 Å². The molecule has 3 rings (SSSR count). The van der Waals surface area contributed by atoms with Crippen LogP contribution in [0.15, 0.2) is 44.7 Å². The molecular weight excluding hydrogens is 282 g/mol. The van der Waals surface area contributed by atoms with Crippen LogP contribution >= 0.6 is 22.7 Å². The summed E-state index contributed by atoms with van der Waals surface area (Å²) in [6.45, 7) is 0. The summed E-state index contributed by atoms with van der Waals surface area (Å²) in [4.78, 5) is 17.5. The predicted molar refractivity (Wildman–Crippen MR) is 73.0 cm³/mol. The molecule has 0 saturated carbocycles. The Kier molecular flexibility index (Phi) is 3.14. The average Bonchev–Trinajstić information content (AvgIpc) is 3.09. The average molecular weight is 291 g/mol. The number of rotatable bonds is 2. The third kappa shape index (κ3) is 2.42. The maximum absolute atomic E-state index is 12.0. The molecule has 3 aromatic rings. The molecule has 0 N–H and O–H groups in total. The van der Waals surface area contributed by atoms with Gasteiger partial charge in [-0.1, -0.05) is 11.2 Å². The van der Waals surface area contributed by atoms with Crippen LogP contribution in [-0.4, -0.2) is 15.6 Å². The van der Waals surface area contributed by atoms with Crippen LogP contribution in [0.4, 0.5) is 0 Å². The number of thiazole rings is 1. The molecule has 1 amide bonds. The molecule has 0 saturated heterocycles. The number of nitrogens with zero attached hydrogens (tertiary/aromatic N) is 3. The van der Waals surface area contributed by atoms with Crippen LogP contribution in [0.25, 0.3) is 10.6 Å². The second kappa shape index (κ2) is 4.94. The zero-order chi connectivity index (χ0) is 13.2. The number of hydrogen-bond donors (Lipinski definition) is 0. The molecule has 0 bridgehead atoms. The molecule has 19 heavy (non-hydrogen) atoms. The van der Waals surface area contributed by atoms with Crippen LogP contribution in [0.3, 0.4) is 0 Å². The fourth-order valence-electron chi connectivity index (χ4n) is 1.49. The van der Waals surface area contributed by atoms with E-state index < -0.39 is 5.91 Å². The molecule has 5 nitrogen and oxygen atoms in total. The van der Waals surface area contributed by atoms with E-state index in [2.05, 4.69) is 10.1 Å². The summed E-state index contributed by atoms with van der Waals surface area (Å²) in [5.74, 6) is 0.189. The largest absolute Gasteiger partial charge is 0.355 e. The monoisotopic (exact) mass is 291 g/mol. The van der Waals surface area contributed by atoms with Crippen LogP contribution in [0, 0.1) is 0 Å². The van der Waals surface area contributed by atoms with Gasteiger partial charge in [0.1, 0.15) is 0 Å². The molecule has 0 atom stereocenters. The minimum absolute atomic E-state index is 0.219. The van der Waals surface area contributed by atoms with Crippen molar-refractivity contribution in [2.45, 2.75) is 0 Å². The Hall–Kier alpha value is -1.99. The zero-order valence-corrected chi connectivity index (χ0v) is 11.6. The van der Waals surface area contributed by atoms with E-state index in [1.165, 1.54) is 22.7 Å². The normalized spacial score (nSPS) is 11.9. The Bertz CT molecular complexity index is 765. The third-order valence-electron chi connectivity index (χ3n) is 2.45. The van der Waals surface area contributed by atoms with Crippen LogP contribution < -0.4 is 4.80 Å². The van der Waals surface area contributed by atoms with Crippen molar-refractivity contribution in [3.05, 3.63) is 45.7 Å². The highest BCUT2D eigenvalue weighted by molar-refractivity contribution is 7.13. The lowest BCUT2D eigenvalue weighted by Gasteiger charge is -1.88. The van der Waals surface area contributed by atoms with Gasteiger partial charge in [0.15, 0.2) is 16.3 Å². The minimum atomic E-state index is -0.399. The number of carbonyl (C=O) groups is 1. The fraction of sp³-hybridized carbons (Fsp3) is 0.0833. The lowest BCUT2D eigenvalue weighted by atomic mass is 10.3. The molecule has 0 aliphatic carbocycles. The highest BCUT2D eigenvalue weighted by Crippen LogP contribution is 2.25. The van der Waals surface area contributed by atoms with E-state index in [0.29, 0.717) is 10.6 Å². The third-order valence-corrected chi connectivity index (χ3v) is 4.18. The van der Waals surface area contributed by atoms with Gasteiger partial charge in [-0.15, -0.1) is 22.7 Å². The van der Waals surface area contributed by atoms with E-state index >= 15 is 0 Å². The van der Waals surface area contributed by atoms with Crippen LogP contribution in [0.1, 0.15) is 10.5 Å². The Morgan fingerprint density at radius 1 is 1.42 bits per heavy atom. The molecule has 3 aromatic heterocycles. The molecule has 3 heterocycles. The van der Waals surface area contributed by atoms with Crippen molar-refractivity contribution in [3.8, 4) is 10.6 Å². The number of aryl methyl sites for hydroxylation is 1. The zero-order valence-electron chi connectivity index (χ0n) is 9.94. The van der Waals surface area contributed by atoms with Crippen molar-refractivity contribution in [1.29, 1.82) is 0 Å². The number of aromatic nitrogens is 2. The molecule has 0 fully saturated rings. The van der Waals surface area contributed by atoms with Crippen LogP contribution in [0.2, 0.25) is 0 Å². The van der Waals surface area contributed by atoms with Crippen molar-refractivity contribution in [2.24, 2.45) is 12.0 Å². The lowest BCUT2D eigenvalue weighted by Crippen LogP contribution is -2.12. The Balaban J connectivity index is 1.92. The standard InChI is InChI=1S/C12H9N3O2S2/c1-15-4-6-19-12(15)13-11(16)8-7-9(17-14-8)10-3-2-5-18-10/h2-7H,1H3. The van der Waals surface area contributed by atoms with Crippen LogP contribution in [0.5, 0.6) is 0 Å². The van der Waals surface area contributed by atoms with Gasteiger partial charge in [-0.25, -0.2) is 0 Å². The maximum Gasteiger partial charge on any atom is 0.301 e. The van der Waals surface area contributed by atoms with Gasteiger partial charge >= 0.3 is 5.91 Å². The quantitative estimate of drug-likeness (QED) is 0.729. The van der Waals surface area contributed by atoms with Crippen molar-refractivity contribution < 1.29 is 9.32 Å². The molecule has 0 aliphatic rings. The van der Waals surface area contributed by atoms with Gasteiger partial charge in [0.25, 0.3) is 0 Å². The minimum Gasteiger partial charge on any atom is -0.355 e. The van der Waals surface area contributed by atoms with Gasteiger partial charge in [-0.05, 0) is 11.4 Å². The van der Waals surface area contributed by atoms with Gasteiger partial charge < -0.3 is 9.09 Å². The summed E-state index contributed by atoms with van der Waals surface area (Å²) in [6.07, 6.45) is 1.84. The van der Waals surface area contributed by atoms with E-state index in [1.807, 2.05) is 36.1 Å².